The normalized spacial score (nSPS) is 10.4. The minimum atomic E-state index is 0.189. The number of hydrogen-bond donors (Lipinski definition) is 0. The van der Waals surface area contributed by atoms with Gasteiger partial charge in [0.05, 0.1) is 4.88 Å². The van der Waals surface area contributed by atoms with Gasteiger partial charge in [0.25, 0.3) is 5.91 Å². The molecule has 1 amide bonds. The highest BCUT2D eigenvalue weighted by Crippen LogP contribution is 2.12. The van der Waals surface area contributed by atoms with E-state index in [2.05, 4.69) is 6.92 Å². The molecule has 3 heteroatoms. The minimum Gasteiger partial charge on any atom is -0.338 e. The molecule has 0 saturated carbocycles. The summed E-state index contributed by atoms with van der Waals surface area (Å²) in [6, 6.07) is 3.84. The molecule has 1 aromatic rings. The summed E-state index contributed by atoms with van der Waals surface area (Å²) in [5, 5.41) is 1.96. The van der Waals surface area contributed by atoms with E-state index >= 15 is 0 Å². The van der Waals surface area contributed by atoms with E-state index in [9.17, 15) is 4.79 Å². The van der Waals surface area contributed by atoms with Gasteiger partial charge in [-0.25, -0.2) is 0 Å². The van der Waals surface area contributed by atoms with Crippen LogP contribution in [0.3, 0.4) is 0 Å². The lowest BCUT2D eigenvalue weighted by atomic mass is 10.2. The third-order valence-corrected chi connectivity index (χ3v) is 3.54. The zero-order valence-electron chi connectivity index (χ0n) is 10.2. The molecule has 2 nitrogen and oxygen atoms in total. The van der Waals surface area contributed by atoms with E-state index in [1.807, 2.05) is 29.3 Å². The van der Waals surface area contributed by atoms with Gasteiger partial charge in [0.1, 0.15) is 0 Å². The molecule has 0 spiro atoms. The summed E-state index contributed by atoms with van der Waals surface area (Å²) < 4.78 is 0. The molecule has 16 heavy (non-hydrogen) atoms. The molecule has 0 aliphatic rings. The van der Waals surface area contributed by atoms with E-state index in [0.717, 1.165) is 24.4 Å². The number of carbonyl (C=O) groups is 1. The van der Waals surface area contributed by atoms with Gasteiger partial charge in [0.15, 0.2) is 0 Å². The van der Waals surface area contributed by atoms with Gasteiger partial charge in [0, 0.05) is 13.1 Å². The summed E-state index contributed by atoms with van der Waals surface area (Å²) in [7, 11) is 0. The van der Waals surface area contributed by atoms with E-state index in [1.165, 1.54) is 30.6 Å². The molecule has 0 aliphatic carbocycles. The highest BCUT2D eigenvalue weighted by Gasteiger charge is 2.13. The standard InChI is InChI=1S/C13H21NOS/c1-3-5-6-7-10-14(4-2)13(15)12-9-8-11-16-12/h8-9,11H,3-7,10H2,1-2H3. The van der Waals surface area contributed by atoms with Crippen molar-refractivity contribution in [2.75, 3.05) is 13.1 Å². The number of hydrogen-bond acceptors (Lipinski definition) is 2. The van der Waals surface area contributed by atoms with E-state index in [1.54, 1.807) is 0 Å². The SMILES string of the molecule is CCCCCCN(CC)C(=O)c1cccs1. The maximum absolute atomic E-state index is 12.0. The van der Waals surface area contributed by atoms with E-state index in [0.29, 0.717) is 0 Å². The van der Waals surface area contributed by atoms with Crippen molar-refractivity contribution >= 4 is 17.2 Å². The summed E-state index contributed by atoms with van der Waals surface area (Å²) in [4.78, 5) is 14.8. The topological polar surface area (TPSA) is 20.3 Å². The monoisotopic (exact) mass is 239 g/mol. The van der Waals surface area contributed by atoms with Crippen molar-refractivity contribution in [3.8, 4) is 0 Å². The Bertz CT molecular complexity index is 295. The van der Waals surface area contributed by atoms with Crippen molar-refractivity contribution in [3.05, 3.63) is 22.4 Å². The highest BCUT2D eigenvalue weighted by molar-refractivity contribution is 7.12. The number of rotatable bonds is 7. The molecule has 1 heterocycles. The largest absolute Gasteiger partial charge is 0.338 e. The van der Waals surface area contributed by atoms with E-state index in [-0.39, 0.29) is 5.91 Å². The summed E-state index contributed by atoms with van der Waals surface area (Å²) >= 11 is 1.53. The number of carbonyl (C=O) groups excluding carboxylic acids is 1. The predicted octanol–water partition coefficient (Wildman–Crippen LogP) is 3.79. The fourth-order valence-electron chi connectivity index (χ4n) is 1.69. The van der Waals surface area contributed by atoms with Crippen LogP contribution in [0.25, 0.3) is 0 Å². The third kappa shape index (κ3) is 3.97. The second kappa shape index (κ2) is 7.44. The Hall–Kier alpha value is -0.830. The fourth-order valence-corrected chi connectivity index (χ4v) is 2.38. The summed E-state index contributed by atoms with van der Waals surface area (Å²) in [5.74, 6) is 0.189. The van der Waals surface area contributed by atoms with Gasteiger partial charge in [-0.05, 0) is 24.8 Å². The number of amides is 1. The van der Waals surface area contributed by atoms with Crippen LogP contribution in [-0.2, 0) is 0 Å². The van der Waals surface area contributed by atoms with Crippen molar-refractivity contribution in [2.45, 2.75) is 39.5 Å². The highest BCUT2D eigenvalue weighted by atomic mass is 32.1. The first-order chi connectivity index (χ1) is 7.79. The second-order valence-electron chi connectivity index (χ2n) is 3.92. The Labute approximate surface area is 102 Å². The van der Waals surface area contributed by atoms with Crippen molar-refractivity contribution < 1.29 is 4.79 Å². The van der Waals surface area contributed by atoms with Crippen LogP contribution < -0.4 is 0 Å². The van der Waals surface area contributed by atoms with Gasteiger partial charge in [-0.1, -0.05) is 32.3 Å². The van der Waals surface area contributed by atoms with Crippen LogP contribution in [0, 0.1) is 0 Å². The average Bonchev–Trinajstić information content (AvgIpc) is 2.82. The van der Waals surface area contributed by atoms with Crippen molar-refractivity contribution in [2.24, 2.45) is 0 Å². The molecule has 0 saturated heterocycles. The number of nitrogens with zero attached hydrogens (tertiary/aromatic N) is 1. The Morgan fingerprint density at radius 3 is 2.69 bits per heavy atom. The van der Waals surface area contributed by atoms with Crippen molar-refractivity contribution in [3.63, 3.8) is 0 Å². The maximum atomic E-state index is 12.0. The van der Waals surface area contributed by atoms with Crippen LogP contribution in [-0.4, -0.2) is 23.9 Å². The van der Waals surface area contributed by atoms with Gasteiger partial charge in [-0.2, -0.15) is 0 Å². The van der Waals surface area contributed by atoms with E-state index in [4.69, 9.17) is 0 Å². The first-order valence-electron chi connectivity index (χ1n) is 6.12. The third-order valence-electron chi connectivity index (χ3n) is 2.68. The summed E-state index contributed by atoms with van der Waals surface area (Å²) in [6.07, 6.45) is 4.86. The summed E-state index contributed by atoms with van der Waals surface area (Å²) in [6.45, 7) is 5.95. The van der Waals surface area contributed by atoms with Gasteiger partial charge >= 0.3 is 0 Å². The molecule has 0 radical (unpaired) electrons. The molecular formula is C13H21NOS. The Morgan fingerprint density at radius 1 is 1.31 bits per heavy atom. The molecule has 0 aromatic carbocycles. The number of thiophene rings is 1. The molecule has 90 valence electrons. The predicted molar refractivity (Wildman–Crippen MR) is 70.0 cm³/mol. The fraction of sp³-hybridized carbons (Fsp3) is 0.615. The molecule has 0 N–H and O–H groups in total. The van der Waals surface area contributed by atoms with Crippen molar-refractivity contribution in [1.82, 2.24) is 4.90 Å². The molecule has 1 aromatic heterocycles. The zero-order chi connectivity index (χ0) is 11.8. The smallest absolute Gasteiger partial charge is 0.263 e. The van der Waals surface area contributed by atoms with Crippen LogP contribution >= 0.6 is 11.3 Å². The van der Waals surface area contributed by atoms with Crippen LogP contribution in [0.15, 0.2) is 17.5 Å². The Morgan fingerprint density at radius 2 is 2.12 bits per heavy atom. The lowest BCUT2D eigenvalue weighted by Gasteiger charge is -2.19. The first-order valence-corrected chi connectivity index (χ1v) is 7.00. The van der Waals surface area contributed by atoms with Crippen LogP contribution in [0.2, 0.25) is 0 Å². The minimum absolute atomic E-state index is 0.189. The van der Waals surface area contributed by atoms with Gasteiger partial charge in [-0.15, -0.1) is 11.3 Å². The van der Waals surface area contributed by atoms with Crippen LogP contribution in [0.5, 0.6) is 0 Å². The van der Waals surface area contributed by atoms with Gasteiger partial charge in [0.2, 0.25) is 0 Å². The van der Waals surface area contributed by atoms with Gasteiger partial charge < -0.3 is 4.90 Å². The molecule has 0 atom stereocenters. The molecule has 0 fully saturated rings. The quantitative estimate of drug-likeness (QED) is 0.663. The molecule has 0 unspecified atom stereocenters. The lowest BCUT2D eigenvalue weighted by Crippen LogP contribution is -2.31. The van der Waals surface area contributed by atoms with Crippen LogP contribution in [0.1, 0.15) is 49.2 Å². The molecule has 0 aliphatic heterocycles. The van der Waals surface area contributed by atoms with Gasteiger partial charge in [-0.3, -0.25) is 4.79 Å². The average molecular weight is 239 g/mol. The Kier molecular flexibility index (Phi) is 6.16. The second-order valence-corrected chi connectivity index (χ2v) is 4.87. The zero-order valence-corrected chi connectivity index (χ0v) is 11.1. The molecule has 0 bridgehead atoms. The molecule has 1 rings (SSSR count). The maximum Gasteiger partial charge on any atom is 0.263 e. The van der Waals surface area contributed by atoms with Crippen LogP contribution in [0.4, 0.5) is 0 Å². The first kappa shape index (κ1) is 13.2. The summed E-state index contributed by atoms with van der Waals surface area (Å²) in [5.41, 5.74) is 0. The molecular weight excluding hydrogens is 218 g/mol. The van der Waals surface area contributed by atoms with E-state index < -0.39 is 0 Å². The van der Waals surface area contributed by atoms with Crippen molar-refractivity contribution in [1.29, 1.82) is 0 Å². The number of unbranched alkanes of at least 4 members (excludes halogenated alkanes) is 3. The Balaban J connectivity index is 2.39. The lowest BCUT2D eigenvalue weighted by molar-refractivity contribution is 0.0766.